The predicted molar refractivity (Wildman–Crippen MR) is 67.6 cm³/mol. The first-order chi connectivity index (χ1) is 7.69. The molecule has 0 bridgehead atoms. The molecule has 0 aromatic heterocycles. The highest BCUT2D eigenvalue weighted by Crippen LogP contribution is 2.18. The molecule has 2 nitrogen and oxygen atoms in total. The van der Waals surface area contributed by atoms with Crippen molar-refractivity contribution in [3.05, 3.63) is 34.9 Å². The van der Waals surface area contributed by atoms with Crippen LogP contribution < -0.4 is 5.73 Å². The van der Waals surface area contributed by atoms with Crippen molar-refractivity contribution in [3.63, 3.8) is 0 Å². The maximum atomic E-state index is 11.9. The number of nitrogens with two attached hydrogens (primary N) is 1. The van der Waals surface area contributed by atoms with Crippen LogP contribution >= 0.6 is 11.6 Å². The maximum absolute atomic E-state index is 11.9. The number of carbonyl (C=O) groups is 1. The molecule has 0 fully saturated rings. The molecule has 1 unspecified atom stereocenters. The molecule has 0 amide bonds. The molecule has 0 saturated heterocycles. The van der Waals surface area contributed by atoms with E-state index in [4.69, 9.17) is 17.3 Å². The molecule has 0 aliphatic heterocycles. The van der Waals surface area contributed by atoms with Crippen molar-refractivity contribution in [2.75, 3.05) is 6.54 Å². The van der Waals surface area contributed by atoms with Crippen LogP contribution in [-0.4, -0.2) is 12.3 Å². The Labute approximate surface area is 102 Å². The molecule has 1 atom stereocenters. The van der Waals surface area contributed by atoms with Gasteiger partial charge in [0.2, 0.25) is 0 Å². The van der Waals surface area contributed by atoms with E-state index in [1.54, 1.807) is 6.07 Å². The van der Waals surface area contributed by atoms with E-state index < -0.39 is 0 Å². The van der Waals surface area contributed by atoms with Crippen molar-refractivity contribution < 1.29 is 4.79 Å². The molecule has 0 heterocycles. The van der Waals surface area contributed by atoms with Crippen LogP contribution in [0.3, 0.4) is 0 Å². The summed E-state index contributed by atoms with van der Waals surface area (Å²) in [6.07, 6.45) is 2.23. The number of benzene rings is 1. The molecule has 88 valence electrons. The zero-order chi connectivity index (χ0) is 12.0. The SMILES string of the molecule is CCCC(CN)C(=O)Cc1ccccc1Cl. The van der Waals surface area contributed by atoms with Gasteiger partial charge >= 0.3 is 0 Å². The number of Topliss-reactive ketones (excluding diaryl/α,β-unsaturated/α-hetero) is 1. The lowest BCUT2D eigenvalue weighted by Gasteiger charge is -2.12. The smallest absolute Gasteiger partial charge is 0.141 e. The van der Waals surface area contributed by atoms with E-state index in [0.29, 0.717) is 18.0 Å². The monoisotopic (exact) mass is 239 g/mol. The Balaban J connectivity index is 2.66. The second-order valence-corrected chi connectivity index (χ2v) is 4.36. The highest BCUT2D eigenvalue weighted by molar-refractivity contribution is 6.31. The van der Waals surface area contributed by atoms with Crippen LogP contribution in [0.2, 0.25) is 5.02 Å². The van der Waals surface area contributed by atoms with Crippen molar-refractivity contribution >= 4 is 17.4 Å². The molecule has 2 N–H and O–H groups in total. The van der Waals surface area contributed by atoms with Gasteiger partial charge in [0, 0.05) is 23.9 Å². The van der Waals surface area contributed by atoms with Gasteiger partial charge in [-0.2, -0.15) is 0 Å². The molecule has 3 heteroatoms. The molecule has 0 radical (unpaired) electrons. The number of carbonyl (C=O) groups excluding carboxylic acids is 1. The minimum atomic E-state index is -0.0266. The largest absolute Gasteiger partial charge is 0.330 e. The van der Waals surface area contributed by atoms with Crippen LogP contribution in [0.4, 0.5) is 0 Å². The number of halogens is 1. The Kier molecular flexibility index (Phi) is 5.50. The molecule has 0 saturated carbocycles. The third-order valence-corrected chi connectivity index (χ3v) is 3.07. The van der Waals surface area contributed by atoms with Crippen molar-refractivity contribution in [2.24, 2.45) is 11.7 Å². The number of hydrogen-bond donors (Lipinski definition) is 1. The van der Waals surface area contributed by atoms with Gasteiger partial charge in [-0.1, -0.05) is 43.1 Å². The number of ketones is 1. The van der Waals surface area contributed by atoms with E-state index >= 15 is 0 Å². The van der Waals surface area contributed by atoms with Crippen molar-refractivity contribution in [2.45, 2.75) is 26.2 Å². The van der Waals surface area contributed by atoms with Crippen LogP contribution in [0.25, 0.3) is 0 Å². The van der Waals surface area contributed by atoms with Gasteiger partial charge in [-0.25, -0.2) is 0 Å². The third kappa shape index (κ3) is 3.62. The van der Waals surface area contributed by atoms with E-state index in [2.05, 4.69) is 6.92 Å². The van der Waals surface area contributed by atoms with Crippen molar-refractivity contribution in [3.8, 4) is 0 Å². The van der Waals surface area contributed by atoms with E-state index in [0.717, 1.165) is 18.4 Å². The molecular formula is C13H18ClNO. The average Bonchev–Trinajstić information content (AvgIpc) is 2.29. The van der Waals surface area contributed by atoms with Gasteiger partial charge in [-0.05, 0) is 18.1 Å². The Morgan fingerprint density at radius 3 is 2.69 bits per heavy atom. The van der Waals surface area contributed by atoms with Crippen LogP contribution in [0, 0.1) is 5.92 Å². The fraction of sp³-hybridized carbons (Fsp3) is 0.462. The normalized spacial score (nSPS) is 12.4. The summed E-state index contributed by atoms with van der Waals surface area (Å²) < 4.78 is 0. The van der Waals surface area contributed by atoms with E-state index in [9.17, 15) is 4.79 Å². The number of hydrogen-bond acceptors (Lipinski definition) is 2. The molecule has 0 aliphatic carbocycles. The van der Waals surface area contributed by atoms with Gasteiger partial charge < -0.3 is 5.73 Å². The second-order valence-electron chi connectivity index (χ2n) is 3.96. The Morgan fingerprint density at radius 1 is 1.44 bits per heavy atom. The summed E-state index contributed by atoms with van der Waals surface area (Å²) in [5.74, 6) is 0.165. The van der Waals surface area contributed by atoms with Gasteiger partial charge in [0.25, 0.3) is 0 Å². The van der Waals surface area contributed by atoms with E-state index in [1.165, 1.54) is 0 Å². The fourth-order valence-electron chi connectivity index (χ4n) is 1.73. The summed E-state index contributed by atoms with van der Waals surface area (Å²) in [7, 11) is 0. The van der Waals surface area contributed by atoms with Gasteiger partial charge in [0.1, 0.15) is 5.78 Å². The quantitative estimate of drug-likeness (QED) is 0.830. The first-order valence-corrected chi connectivity index (χ1v) is 6.03. The zero-order valence-electron chi connectivity index (χ0n) is 9.58. The van der Waals surface area contributed by atoms with Gasteiger partial charge in [-0.15, -0.1) is 0 Å². The predicted octanol–water partition coefficient (Wildman–Crippen LogP) is 2.83. The summed E-state index contributed by atoms with van der Waals surface area (Å²) in [6.45, 7) is 2.49. The molecule has 16 heavy (non-hydrogen) atoms. The Morgan fingerprint density at radius 2 is 2.12 bits per heavy atom. The minimum absolute atomic E-state index is 0.0266. The van der Waals surface area contributed by atoms with Crippen LogP contribution in [-0.2, 0) is 11.2 Å². The highest BCUT2D eigenvalue weighted by atomic mass is 35.5. The molecule has 1 rings (SSSR count). The number of rotatable bonds is 6. The first kappa shape index (κ1) is 13.2. The molecule has 1 aromatic carbocycles. The second kappa shape index (κ2) is 6.66. The van der Waals surface area contributed by atoms with E-state index in [-0.39, 0.29) is 11.7 Å². The third-order valence-electron chi connectivity index (χ3n) is 2.70. The highest BCUT2D eigenvalue weighted by Gasteiger charge is 2.16. The lowest BCUT2D eigenvalue weighted by atomic mass is 9.94. The first-order valence-electron chi connectivity index (χ1n) is 5.65. The fourth-order valence-corrected chi connectivity index (χ4v) is 1.94. The van der Waals surface area contributed by atoms with Crippen molar-refractivity contribution in [1.29, 1.82) is 0 Å². The molecular weight excluding hydrogens is 222 g/mol. The van der Waals surface area contributed by atoms with Crippen LogP contribution in [0.1, 0.15) is 25.3 Å². The lowest BCUT2D eigenvalue weighted by molar-refractivity contribution is -0.122. The summed E-state index contributed by atoms with van der Waals surface area (Å²) >= 11 is 6.01. The van der Waals surface area contributed by atoms with Crippen LogP contribution in [0.15, 0.2) is 24.3 Å². The minimum Gasteiger partial charge on any atom is -0.330 e. The van der Waals surface area contributed by atoms with E-state index in [1.807, 2.05) is 18.2 Å². The lowest BCUT2D eigenvalue weighted by Crippen LogP contribution is -2.25. The summed E-state index contributed by atoms with van der Waals surface area (Å²) in [5.41, 5.74) is 6.49. The zero-order valence-corrected chi connectivity index (χ0v) is 10.3. The standard InChI is InChI=1S/C13H18ClNO/c1-2-5-11(9-15)13(16)8-10-6-3-4-7-12(10)14/h3-4,6-7,11H,2,5,8-9,15H2,1H3. The molecule has 0 aliphatic rings. The maximum Gasteiger partial charge on any atom is 0.141 e. The molecule has 1 aromatic rings. The summed E-state index contributed by atoms with van der Waals surface area (Å²) in [4.78, 5) is 11.9. The Bertz CT molecular complexity index is 352. The van der Waals surface area contributed by atoms with Crippen LogP contribution in [0.5, 0.6) is 0 Å². The molecule has 0 spiro atoms. The average molecular weight is 240 g/mol. The van der Waals surface area contributed by atoms with Gasteiger partial charge in [-0.3, -0.25) is 4.79 Å². The topological polar surface area (TPSA) is 43.1 Å². The van der Waals surface area contributed by atoms with Gasteiger partial charge in [0.05, 0.1) is 0 Å². The van der Waals surface area contributed by atoms with Crippen molar-refractivity contribution in [1.82, 2.24) is 0 Å². The Hall–Kier alpha value is -0.860. The summed E-state index contributed by atoms with van der Waals surface area (Å²) in [5, 5.41) is 0.656. The summed E-state index contributed by atoms with van der Waals surface area (Å²) in [6, 6.07) is 7.45. The van der Waals surface area contributed by atoms with Gasteiger partial charge in [0.15, 0.2) is 0 Å².